The van der Waals surface area contributed by atoms with Crippen LogP contribution in [0.3, 0.4) is 0 Å². The van der Waals surface area contributed by atoms with Gasteiger partial charge in [0.05, 0.1) is 0 Å². The molecule has 4 nitrogen and oxygen atoms in total. The quantitative estimate of drug-likeness (QED) is 0.594. The van der Waals surface area contributed by atoms with Crippen molar-refractivity contribution in [2.45, 2.75) is 18.8 Å². The average Bonchev–Trinajstić information content (AvgIpc) is 2.58. The van der Waals surface area contributed by atoms with Crippen LogP contribution in [0.1, 0.15) is 24.6 Å². The Labute approximate surface area is 52.0 Å². The van der Waals surface area contributed by atoms with Gasteiger partial charge in [0.15, 0.2) is 5.82 Å². The van der Waals surface area contributed by atoms with Gasteiger partial charge in [-0.2, -0.15) is 4.98 Å². The third-order valence-electron chi connectivity index (χ3n) is 1.40. The van der Waals surface area contributed by atoms with E-state index in [9.17, 15) is 0 Å². The minimum absolute atomic E-state index is 0.178. The Hall–Kier alpha value is -1.06. The number of anilines is 1. The lowest BCUT2D eigenvalue weighted by molar-refractivity contribution is 0.427. The van der Waals surface area contributed by atoms with E-state index in [1.54, 1.807) is 0 Å². The molecule has 0 unspecified atom stereocenters. The lowest BCUT2D eigenvalue weighted by atomic mass is 10.4. The number of nitrogens with zero attached hydrogens (tertiary/aromatic N) is 2. The third kappa shape index (κ3) is 0.759. The van der Waals surface area contributed by atoms with Crippen molar-refractivity contribution in [3.05, 3.63) is 5.82 Å². The molecule has 0 aromatic carbocycles. The molecule has 0 amide bonds. The SMILES string of the molecule is Nc1nc(C2CC2)no1. The highest BCUT2D eigenvalue weighted by molar-refractivity contribution is 5.12. The second kappa shape index (κ2) is 1.46. The molecule has 2 rings (SSSR count). The summed E-state index contributed by atoms with van der Waals surface area (Å²) < 4.78 is 4.58. The Morgan fingerprint density at radius 2 is 2.33 bits per heavy atom. The number of aromatic nitrogens is 2. The molecule has 1 aliphatic rings. The molecule has 0 aliphatic heterocycles. The predicted molar refractivity (Wildman–Crippen MR) is 30.7 cm³/mol. The van der Waals surface area contributed by atoms with Crippen molar-refractivity contribution in [1.82, 2.24) is 10.1 Å². The molecule has 1 heterocycles. The van der Waals surface area contributed by atoms with Crippen molar-refractivity contribution in [3.63, 3.8) is 0 Å². The summed E-state index contributed by atoms with van der Waals surface area (Å²) in [4.78, 5) is 3.87. The van der Waals surface area contributed by atoms with Crippen LogP contribution in [0.15, 0.2) is 4.52 Å². The first-order valence-electron chi connectivity index (χ1n) is 2.95. The van der Waals surface area contributed by atoms with Crippen LogP contribution in [-0.4, -0.2) is 10.1 Å². The molecule has 48 valence electrons. The lowest BCUT2D eigenvalue weighted by Crippen LogP contribution is -1.84. The monoisotopic (exact) mass is 125 g/mol. The van der Waals surface area contributed by atoms with Crippen molar-refractivity contribution in [3.8, 4) is 0 Å². The third-order valence-corrected chi connectivity index (χ3v) is 1.40. The summed E-state index contributed by atoms with van der Waals surface area (Å²) in [6.07, 6.45) is 2.36. The zero-order valence-electron chi connectivity index (χ0n) is 4.87. The molecular weight excluding hydrogens is 118 g/mol. The van der Waals surface area contributed by atoms with E-state index in [1.807, 2.05) is 0 Å². The van der Waals surface area contributed by atoms with Gasteiger partial charge in [-0.15, -0.1) is 0 Å². The molecule has 0 atom stereocenters. The van der Waals surface area contributed by atoms with Crippen LogP contribution >= 0.6 is 0 Å². The van der Waals surface area contributed by atoms with Crippen LogP contribution in [0, 0.1) is 0 Å². The van der Waals surface area contributed by atoms with E-state index in [2.05, 4.69) is 14.7 Å². The van der Waals surface area contributed by atoms with Crippen LogP contribution < -0.4 is 5.73 Å². The second-order valence-electron chi connectivity index (χ2n) is 2.27. The van der Waals surface area contributed by atoms with Gasteiger partial charge in [0.25, 0.3) is 0 Å². The fraction of sp³-hybridized carbons (Fsp3) is 0.600. The predicted octanol–water partition coefficient (Wildman–Crippen LogP) is 0.529. The average molecular weight is 125 g/mol. The lowest BCUT2D eigenvalue weighted by Gasteiger charge is -1.77. The van der Waals surface area contributed by atoms with Crippen LogP contribution in [0.5, 0.6) is 0 Å². The van der Waals surface area contributed by atoms with E-state index in [0.29, 0.717) is 5.92 Å². The molecule has 1 saturated carbocycles. The van der Waals surface area contributed by atoms with Gasteiger partial charge in [-0.1, -0.05) is 5.16 Å². The van der Waals surface area contributed by atoms with E-state index in [4.69, 9.17) is 5.73 Å². The summed E-state index contributed by atoms with van der Waals surface area (Å²) in [6.45, 7) is 0. The summed E-state index contributed by atoms with van der Waals surface area (Å²) in [5.41, 5.74) is 5.20. The largest absolute Gasteiger partial charge is 0.351 e. The standard InChI is InChI=1S/C5H7N3O/c6-5-7-4(8-9-5)3-1-2-3/h3H,1-2H2,(H2,6,7,8). The normalized spacial score (nSPS) is 18.2. The minimum Gasteiger partial charge on any atom is -0.351 e. The molecule has 4 heteroatoms. The van der Waals surface area contributed by atoms with Crippen molar-refractivity contribution >= 4 is 6.01 Å². The van der Waals surface area contributed by atoms with E-state index < -0.39 is 0 Å². The topological polar surface area (TPSA) is 64.9 Å². The molecule has 9 heavy (non-hydrogen) atoms. The van der Waals surface area contributed by atoms with E-state index in [0.717, 1.165) is 5.82 Å². The maximum absolute atomic E-state index is 5.20. The molecule has 0 radical (unpaired) electrons. The second-order valence-corrected chi connectivity index (χ2v) is 2.27. The number of nitrogens with two attached hydrogens (primary N) is 1. The minimum atomic E-state index is 0.178. The van der Waals surface area contributed by atoms with Gasteiger partial charge in [-0.05, 0) is 12.8 Å². The van der Waals surface area contributed by atoms with Gasteiger partial charge < -0.3 is 10.3 Å². The smallest absolute Gasteiger partial charge is 0.318 e. The summed E-state index contributed by atoms with van der Waals surface area (Å²) in [7, 11) is 0. The van der Waals surface area contributed by atoms with Crippen molar-refractivity contribution in [1.29, 1.82) is 0 Å². The molecule has 0 bridgehead atoms. The molecular formula is C5H7N3O. The molecule has 0 saturated heterocycles. The molecule has 1 fully saturated rings. The summed E-state index contributed by atoms with van der Waals surface area (Å²) >= 11 is 0. The van der Waals surface area contributed by atoms with Crippen LogP contribution in [-0.2, 0) is 0 Å². The summed E-state index contributed by atoms with van der Waals surface area (Å²) in [6, 6.07) is 0.178. The number of rotatable bonds is 1. The fourth-order valence-corrected chi connectivity index (χ4v) is 0.755. The van der Waals surface area contributed by atoms with Gasteiger partial charge in [0, 0.05) is 5.92 Å². The molecule has 1 aliphatic carbocycles. The molecule has 1 aromatic heterocycles. The van der Waals surface area contributed by atoms with Crippen molar-refractivity contribution in [2.24, 2.45) is 0 Å². The molecule has 1 aromatic rings. The molecule has 0 spiro atoms. The molecule has 2 N–H and O–H groups in total. The van der Waals surface area contributed by atoms with E-state index in [-0.39, 0.29) is 6.01 Å². The summed E-state index contributed by atoms with van der Waals surface area (Å²) in [5, 5.41) is 3.67. The van der Waals surface area contributed by atoms with Gasteiger partial charge in [0.1, 0.15) is 0 Å². The zero-order valence-corrected chi connectivity index (χ0v) is 4.87. The van der Waals surface area contributed by atoms with E-state index >= 15 is 0 Å². The first-order valence-corrected chi connectivity index (χ1v) is 2.95. The Morgan fingerprint density at radius 3 is 2.78 bits per heavy atom. The number of nitrogen functional groups attached to an aromatic ring is 1. The Balaban J connectivity index is 2.28. The van der Waals surface area contributed by atoms with Crippen molar-refractivity contribution in [2.75, 3.05) is 5.73 Å². The van der Waals surface area contributed by atoms with Crippen molar-refractivity contribution < 1.29 is 4.52 Å². The van der Waals surface area contributed by atoms with Gasteiger partial charge in [-0.3, -0.25) is 0 Å². The van der Waals surface area contributed by atoms with Crippen LogP contribution in [0.25, 0.3) is 0 Å². The summed E-state index contributed by atoms with van der Waals surface area (Å²) in [5.74, 6) is 1.30. The maximum Gasteiger partial charge on any atom is 0.318 e. The van der Waals surface area contributed by atoms with Crippen LogP contribution in [0.2, 0.25) is 0 Å². The van der Waals surface area contributed by atoms with Gasteiger partial charge >= 0.3 is 6.01 Å². The highest BCUT2D eigenvalue weighted by Crippen LogP contribution is 2.38. The highest BCUT2D eigenvalue weighted by Gasteiger charge is 2.28. The zero-order chi connectivity index (χ0) is 6.27. The van der Waals surface area contributed by atoms with Crippen LogP contribution in [0.4, 0.5) is 6.01 Å². The van der Waals surface area contributed by atoms with E-state index in [1.165, 1.54) is 12.8 Å². The maximum atomic E-state index is 5.20. The number of hydrogen-bond acceptors (Lipinski definition) is 4. The highest BCUT2D eigenvalue weighted by atomic mass is 16.5. The Kier molecular flexibility index (Phi) is 0.777. The first kappa shape index (κ1) is 4.78. The first-order chi connectivity index (χ1) is 4.36. The fourth-order valence-electron chi connectivity index (χ4n) is 0.755. The van der Waals surface area contributed by atoms with Gasteiger partial charge in [0.2, 0.25) is 0 Å². The Morgan fingerprint density at radius 1 is 1.56 bits per heavy atom. The van der Waals surface area contributed by atoms with Gasteiger partial charge in [-0.25, -0.2) is 0 Å². The Bertz CT molecular complexity index is 216. The number of hydrogen-bond donors (Lipinski definition) is 1.